The molecule has 0 fully saturated rings. The molecule has 134 valence electrons. The van der Waals surface area contributed by atoms with Crippen LogP contribution in [0.2, 0.25) is 5.15 Å². The molecule has 0 bridgehead atoms. The Labute approximate surface area is 158 Å². The number of anilines is 1. The van der Waals surface area contributed by atoms with Crippen LogP contribution in [-0.2, 0) is 11.2 Å². The van der Waals surface area contributed by atoms with E-state index in [9.17, 15) is 4.79 Å². The molecule has 25 heavy (non-hydrogen) atoms. The van der Waals surface area contributed by atoms with Gasteiger partial charge in [-0.3, -0.25) is 4.79 Å². The molecule has 1 N–H and O–H groups in total. The van der Waals surface area contributed by atoms with Crippen molar-refractivity contribution in [1.82, 2.24) is 15.3 Å². The second kappa shape index (κ2) is 10.3. The number of halogens is 1. The van der Waals surface area contributed by atoms with Crippen LogP contribution in [0.15, 0.2) is 41.6 Å². The lowest BCUT2D eigenvalue weighted by molar-refractivity contribution is -0.118. The molecular weight excluding hydrogens is 356 g/mol. The van der Waals surface area contributed by atoms with E-state index in [1.807, 2.05) is 30.1 Å². The first-order valence-corrected chi connectivity index (χ1v) is 9.64. The zero-order valence-corrected chi connectivity index (χ0v) is 16.1. The third-order valence-electron chi connectivity index (χ3n) is 3.52. The molecule has 0 spiro atoms. The maximum Gasteiger partial charge on any atom is 0.230 e. The highest BCUT2D eigenvalue weighted by Crippen LogP contribution is 2.21. The van der Waals surface area contributed by atoms with Crippen molar-refractivity contribution in [2.45, 2.75) is 24.9 Å². The lowest BCUT2D eigenvalue weighted by Gasteiger charge is -2.17. The van der Waals surface area contributed by atoms with Crippen LogP contribution >= 0.6 is 23.4 Å². The van der Waals surface area contributed by atoms with Crippen molar-refractivity contribution in [2.24, 2.45) is 0 Å². The van der Waals surface area contributed by atoms with Crippen molar-refractivity contribution in [1.29, 1.82) is 0 Å². The molecule has 1 heterocycles. The van der Waals surface area contributed by atoms with E-state index in [4.69, 9.17) is 11.6 Å². The molecule has 5 nitrogen and oxygen atoms in total. The number of nitrogens with one attached hydrogen (secondary N) is 1. The van der Waals surface area contributed by atoms with Gasteiger partial charge < -0.3 is 10.2 Å². The number of aromatic nitrogens is 2. The van der Waals surface area contributed by atoms with Crippen molar-refractivity contribution < 1.29 is 4.79 Å². The Kier molecular flexibility index (Phi) is 8.01. The normalized spacial score (nSPS) is 10.5. The molecule has 2 aromatic rings. The summed E-state index contributed by atoms with van der Waals surface area (Å²) in [4.78, 5) is 22.7. The van der Waals surface area contributed by atoms with Crippen LogP contribution in [0.3, 0.4) is 0 Å². The van der Waals surface area contributed by atoms with Gasteiger partial charge in [-0.25, -0.2) is 9.97 Å². The van der Waals surface area contributed by atoms with Gasteiger partial charge in [0.2, 0.25) is 5.91 Å². The van der Waals surface area contributed by atoms with Gasteiger partial charge in [-0.1, -0.05) is 60.6 Å². The first-order valence-electron chi connectivity index (χ1n) is 8.27. The Morgan fingerprint density at radius 1 is 1.28 bits per heavy atom. The molecule has 0 unspecified atom stereocenters. The second-order valence-electron chi connectivity index (χ2n) is 5.63. The molecule has 1 aromatic heterocycles. The van der Waals surface area contributed by atoms with Crippen LogP contribution in [0.5, 0.6) is 0 Å². The summed E-state index contributed by atoms with van der Waals surface area (Å²) in [7, 11) is 1.97. The Morgan fingerprint density at radius 3 is 2.76 bits per heavy atom. The fraction of sp³-hybridized carbons (Fsp3) is 0.389. The third-order valence-corrected chi connectivity index (χ3v) is 4.56. The summed E-state index contributed by atoms with van der Waals surface area (Å²) in [5, 5.41) is 3.82. The predicted molar refractivity (Wildman–Crippen MR) is 104 cm³/mol. The molecule has 7 heteroatoms. The summed E-state index contributed by atoms with van der Waals surface area (Å²) in [6.45, 7) is 3.61. The van der Waals surface area contributed by atoms with Crippen LogP contribution in [-0.4, -0.2) is 41.8 Å². The minimum absolute atomic E-state index is 0.0343. The third kappa shape index (κ3) is 6.92. The quantitative estimate of drug-likeness (QED) is 0.411. The van der Waals surface area contributed by atoms with E-state index in [2.05, 4.69) is 34.3 Å². The number of thioether (sulfide) groups is 1. The number of hydrogen-bond donors (Lipinski definition) is 1. The summed E-state index contributed by atoms with van der Waals surface area (Å²) < 4.78 is 0. The van der Waals surface area contributed by atoms with E-state index < -0.39 is 0 Å². The Hall–Kier alpha value is -1.79. The topological polar surface area (TPSA) is 58.1 Å². The summed E-state index contributed by atoms with van der Waals surface area (Å²) in [6, 6.07) is 11.8. The maximum absolute atomic E-state index is 12.0. The van der Waals surface area contributed by atoms with E-state index in [1.54, 1.807) is 6.07 Å². The Bertz CT molecular complexity index is 684. The smallest absolute Gasteiger partial charge is 0.230 e. The minimum Gasteiger partial charge on any atom is -0.360 e. The highest BCUT2D eigenvalue weighted by Gasteiger charge is 2.10. The van der Waals surface area contributed by atoms with Crippen LogP contribution in [0.1, 0.15) is 18.9 Å². The molecule has 1 amide bonds. The van der Waals surface area contributed by atoms with Crippen LogP contribution in [0.4, 0.5) is 5.82 Å². The molecule has 0 aliphatic rings. The first-order chi connectivity index (χ1) is 12.1. The van der Waals surface area contributed by atoms with E-state index >= 15 is 0 Å². The van der Waals surface area contributed by atoms with E-state index in [0.29, 0.717) is 16.9 Å². The molecular formula is C18H23ClN4OS. The number of carbonyl (C=O) groups excluding carboxylic acids is 1. The van der Waals surface area contributed by atoms with Gasteiger partial charge >= 0.3 is 0 Å². The fourth-order valence-corrected chi connectivity index (χ4v) is 3.18. The highest BCUT2D eigenvalue weighted by atomic mass is 35.5. The van der Waals surface area contributed by atoms with Crippen molar-refractivity contribution >= 4 is 35.1 Å². The number of rotatable bonds is 9. The zero-order chi connectivity index (χ0) is 18.1. The predicted octanol–water partition coefficient (Wildman–Crippen LogP) is 3.43. The van der Waals surface area contributed by atoms with Gasteiger partial charge in [-0.15, -0.1) is 0 Å². The summed E-state index contributed by atoms with van der Waals surface area (Å²) in [5.41, 5.74) is 1.21. The van der Waals surface area contributed by atoms with Crippen LogP contribution in [0.25, 0.3) is 0 Å². The standard InChI is InChI=1S/C18H23ClN4OS/c1-3-11-23(2)16-12-15(19)21-18(22-16)25-13-17(24)20-10-9-14-7-5-4-6-8-14/h4-8,12H,3,9-11,13H2,1-2H3,(H,20,24). The SMILES string of the molecule is CCCN(C)c1cc(Cl)nc(SCC(=O)NCCc2ccccc2)n1. The molecule has 0 saturated heterocycles. The molecule has 2 rings (SSSR count). The summed E-state index contributed by atoms with van der Waals surface area (Å²) in [6.07, 6.45) is 1.83. The number of hydrogen-bond acceptors (Lipinski definition) is 5. The fourth-order valence-electron chi connectivity index (χ4n) is 2.27. The molecule has 0 aliphatic heterocycles. The summed E-state index contributed by atoms with van der Waals surface area (Å²) in [5.74, 6) is 1.01. The molecule has 0 aliphatic carbocycles. The Morgan fingerprint density at radius 2 is 2.04 bits per heavy atom. The van der Waals surface area contributed by atoms with Gasteiger partial charge in [0.25, 0.3) is 0 Å². The van der Waals surface area contributed by atoms with Crippen molar-refractivity contribution in [3.8, 4) is 0 Å². The number of benzene rings is 1. The zero-order valence-electron chi connectivity index (χ0n) is 14.5. The first kappa shape index (κ1) is 19.5. The number of amides is 1. The maximum atomic E-state index is 12.0. The monoisotopic (exact) mass is 378 g/mol. The summed E-state index contributed by atoms with van der Waals surface area (Å²) >= 11 is 7.36. The molecule has 0 saturated carbocycles. The number of nitrogens with zero attached hydrogens (tertiary/aromatic N) is 3. The minimum atomic E-state index is -0.0343. The van der Waals surface area contributed by atoms with Gasteiger partial charge in [-0.2, -0.15) is 0 Å². The molecule has 0 atom stereocenters. The average Bonchev–Trinajstić information content (AvgIpc) is 2.61. The van der Waals surface area contributed by atoms with Gasteiger partial charge in [0.1, 0.15) is 11.0 Å². The van der Waals surface area contributed by atoms with Crippen molar-refractivity contribution in [3.63, 3.8) is 0 Å². The highest BCUT2D eigenvalue weighted by molar-refractivity contribution is 7.99. The van der Waals surface area contributed by atoms with E-state index in [0.717, 1.165) is 25.2 Å². The number of carbonyl (C=O) groups is 1. The van der Waals surface area contributed by atoms with Gasteiger partial charge in [0, 0.05) is 26.2 Å². The lowest BCUT2D eigenvalue weighted by Crippen LogP contribution is -2.27. The van der Waals surface area contributed by atoms with E-state index in [-0.39, 0.29) is 11.7 Å². The van der Waals surface area contributed by atoms with Crippen LogP contribution < -0.4 is 10.2 Å². The molecule has 0 radical (unpaired) electrons. The van der Waals surface area contributed by atoms with Crippen LogP contribution in [0, 0.1) is 0 Å². The molecule has 1 aromatic carbocycles. The second-order valence-corrected chi connectivity index (χ2v) is 6.96. The van der Waals surface area contributed by atoms with Gasteiger partial charge in [0.05, 0.1) is 5.75 Å². The van der Waals surface area contributed by atoms with E-state index in [1.165, 1.54) is 17.3 Å². The van der Waals surface area contributed by atoms with Gasteiger partial charge in [0.15, 0.2) is 5.16 Å². The van der Waals surface area contributed by atoms with Crippen molar-refractivity contribution in [3.05, 3.63) is 47.1 Å². The Balaban J connectivity index is 1.80. The van der Waals surface area contributed by atoms with Gasteiger partial charge in [-0.05, 0) is 18.4 Å². The lowest BCUT2D eigenvalue weighted by atomic mass is 10.1. The average molecular weight is 379 g/mol. The largest absolute Gasteiger partial charge is 0.360 e. The van der Waals surface area contributed by atoms with Crippen molar-refractivity contribution in [2.75, 3.05) is 30.8 Å².